The molecule has 0 saturated carbocycles. The summed E-state index contributed by atoms with van der Waals surface area (Å²) in [5.74, 6) is -0.526. The van der Waals surface area contributed by atoms with E-state index in [-0.39, 0.29) is 18.3 Å². The van der Waals surface area contributed by atoms with Gasteiger partial charge in [-0.2, -0.15) is 0 Å². The lowest BCUT2D eigenvalue weighted by atomic mass is 9.78. The quantitative estimate of drug-likeness (QED) is 0.187. The molecule has 1 aliphatic carbocycles. The van der Waals surface area contributed by atoms with Gasteiger partial charge in [0.2, 0.25) is 0 Å². The summed E-state index contributed by atoms with van der Waals surface area (Å²) in [6.45, 7) is 9.08. The molecule has 2 atom stereocenters. The van der Waals surface area contributed by atoms with E-state index in [1.807, 2.05) is 30.4 Å². The fourth-order valence-corrected chi connectivity index (χ4v) is 4.69. The van der Waals surface area contributed by atoms with Gasteiger partial charge in [-0.25, -0.2) is 0 Å². The van der Waals surface area contributed by atoms with Crippen LogP contribution in [0.1, 0.15) is 78.2 Å². The maximum Gasteiger partial charge on any atom is 0.327 e. The Hall–Kier alpha value is -3.14. The van der Waals surface area contributed by atoms with Crippen molar-refractivity contribution < 1.29 is 19.1 Å². The van der Waals surface area contributed by atoms with Crippen LogP contribution in [0.15, 0.2) is 72.8 Å². The van der Waals surface area contributed by atoms with Crippen LogP contribution in [-0.4, -0.2) is 25.2 Å². The monoisotopic (exact) mass is 516 g/mol. The zero-order valence-electron chi connectivity index (χ0n) is 23.6. The summed E-state index contributed by atoms with van der Waals surface area (Å²) in [6.07, 6.45) is 12.1. The molecule has 204 valence electrons. The number of carbonyl (C=O) groups excluding carboxylic acids is 2. The molecular weight excluding hydrogens is 472 g/mol. The average molecular weight is 517 g/mol. The Kier molecular flexibility index (Phi) is 11.4. The zero-order valence-corrected chi connectivity index (χ0v) is 23.6. The minimum absolute atomic E-state index is 0.226. The molecule has 0 aromatic heterocycles. The Morgan fingerprint density at radius 1 is 0.763 bits per heavy atom. The Morgan fingerprint density at radius 3 is 1.74 bits per heavy atom. The number of allylic oxidation sites excluding steroid dienone is 3. The van der Waals surface area contributed by atoms with E-state index < -0.39 is 17.4 Å². The third kappa shape index (κ3) is 7.93. The van der Waals surface area contributed by atoms with Gasteiger partial charge < -0.3 is 9.47 Å². The van der Waals surface area contributed by atoms with Crippen molar-refractivity contribution >= 4 is 17.5 Å². The Morgan fingerprint density at radius 2 is 1.26 bits per heavy atom. The van der Waals surface area contributed by atoms with Crippen molar-refractivity contribution in [2.45, 2.75) is 72.6 Å². The molecule has 0 aliphatic heterocycles. The van der Waals surface area contributed by atoms with Gasteiger partial charge in [-0.05, 0) is 53.4 Å². The lowest BCUT2D eigenvalue weighted by molar-refractivity contribution is -0.170. The summed E-state index contributed by atoms with van der Waals surface area (Å²) in [5, 5.41) is 0. The maximum atomic E-state index is 13.4. The summed E-state index contributed by atoms with van der Waals surface area (Å²) in [6, 6.07) is 18.6. The number of unbranched alkanes of at least 4 members (excludes halogenated alkanes) is 2. The predicted molar refractivity (Wildman–Crippen MR) is 155 cm³/mol. The number of carbonyl (C=O) groups is 2. The van der Waals surface area contributed by atoms with E-state index in [1.165, 1.54) is 0 Å². The molecule has 4 heteroatoms. The molecule has 3 rings (SSSR count). The largest absolute Gasteiger partial charge is 0.464 e. The van der Waals surface area contributed by atoms with Crippen LogP contribution in [-0.2, 0) is 19.1 Å². The van der Waals surface area contributed by atoms with Crippen molar-refractivity contribution in [2.24, 2.45) is 17.3 Å². The molecule has 1 aliphatic rings. The van der Waals surface area contributed by atoms with Gasteiger partial charge in [0, 0.05) is 0 Å². The Bertz CT molecular complexity index is 1050. The van der Waals surface area contributed by atoms with Gasteiger partial charge >= 0.3 is 11.9 Å². The van der Waals surface area contributed by atoms with Crippen molar-refractivity contribution in [3.8, 4) is 11.1 Å². The van der Waals surface area contributed by atoms with E-state index in [1.54, 1.807) is 6.08 Å². The van der Waals surface area contributed by atoms with Crippen LogP contribution in [0.3, 0.4) is 0 Å². The molecule has 0 fully saturated rings. The molecule has 2 aromatic carbocycles. The average Bonchev–Trinajstić information content (AvgIpc) is 2.97. The van der Waals surface area contributed by atoms with Gasteiger partial charge in [-0.3, -0.25) is 9.59 Å². The topological polar surface area (TPSA) is 52.6 Å². The Balaban J connectivity index is 1.74. The van der Waals surface area contributed by atoms with Crippen molar-refractivity contribution in [3.05, 3.63) is 78.4 Å². The van der Waals surface area contributed by atoms with Crippen LogP contribution in [0.5, 0.6) is 0 Å². The molecule has 0 bridgehead atoms. The van der Waals surface area contributed by atoms with Crippen molar-refractivity contribution in [1.29, 1.82) is 0 Å². The summed E-state index contributed by atoms with van der Waals surface area (Å²) in [7, 11) is 0. The van der Waals surface area contributed by atoms with E-state index in [9.17, 15) is 9.59 Å². The molecular formula is C34H44O4. The molecule has 2 aromatic rings. The third-order valence-corrected chi connectivity index (χ3v) is 7.34. The van der Waals surface area contributed by atoms with Gasteiger partial charge in [0.05, 0.1) is 13.2 Å². The number of ether oxygens (including phenoxy) is 2. The second-order valence-electron chi connectivity index (χ2n) is 10.8. The van der Waals surface area contributed by atoms with Gasteiger partial charge in [0.25, 0.3) is 0 Å². The van der Waals surface area contributed by atoms with Crippen LogP contribution in [0, 0.1) is 17.3 Å². The standard InChI is InChI=1S/C34H44O4/c1-5-7-12-26(3)24-37-32(35)34(33(36)38-25-27(4)13-8-6-2)22-20-31(21-23-34)30-18-16-29(17-19-30)28-14-10-9-11-15-28/h9-11,14-22,26-27H,5-8,12-13,23-25H2,1-4H3/t26-,27-/m0/s1. The number of hydrogen-bond donors (Lipinski definition) is 0. The molecule has 0 amide bonds. The summed E-state index contributed by atoms with van der Waals surface area (Å²) < 4.78 is 11.4. The van der Waals surface area contributed by atoms with Crippen LogP contribution >= 0.6 is 0 Å². The van der Waals surface area contributed by atoms with E-state index >= 15 is 0 Å². The number of esters is 2. The van der Waals surface area contributed by atoms with E-state index in [0.717, 1.165) is 60.8 Å². The van der Waals surface area contributed by atoms with Gasteiger partial charge in [0.1, 0.15) is 0 Å². The highest BCUT2D eigenvalue weighted by Crippen LogP contribution is 2.37. The molecule has 0 saturated heterocycles. The summed E-state index contributed by atoms with van der Waals surface area (Å²) in [5.41, 5.74) is 2.89. The summed E-state index contributed by atoms with van der Waals surface area (Å²) >= 11 is 0. The molecule has 4 nitrogen and oxygen atoms in total. The van der Waals surface area contributed by atoms with Gasteiger partial charge in [0.15, 0.2) is 5.41 Å². The van der Waals surface area contributed by atoms with Crippen LogP contribution in [0.2, 0.25) is 0 Å². The second kappa shape index (κ2) is 14.7. The molecule has 0 spiro atoms. The SMILES string of the molecule is CCCC[C@H](C)COC(=O)C1(C(=O)OC[C@@H](C)CCCC)C=CC(c2ccc(-c3ccccc3)cc2)=CC1. The fraction of sp³-hybridized carbons (Fsp3) is 0.471. The smallest absolute Gasteiger partial charge is 0.327 e. The second-order valence-corrected chi connectivity index (χ2v) is 10.8. The van der Waals surface area contributed by atoms with E-state index in [2.05, 4.69) is 64.1 Å². The first-order valence-corrected chi connectivity index (χ1v) is 14.3. The number of benzene rings is 2. The lowest BCUT2D eigenvalue weighted by Gasteiger charge is -2.29. The lowest BCUT2D eigenvalue weighted by Crippen LogP contribution is -2.42. The minimum Gasteiger partial charge on any atom is -0.464 e. The maximum absolute atomic E-state index is 13.4. The highest BCUT2D eigenvalue weighted by Gasteiger charge is 2.47. The first-order chi connectivity index (χ1) is 18.4. The fourth-order valence-electron chi connectivity index (χ4n) is 4.69. The van der Waals surface area contributed by atoms with Crippen LogP contribution < -0.4 is 0 Å². The van der Waals surface area contributed by atoms with Crippen molar-refractivity contribution in [1.82, 2.24) is 0 Å². The molecule has 0 N–H and O–H groups in total. The highest BCUT2D eigenvalue weighted by molar-refractivity contribution is 6.04. The third-order valence-electron chi connectivity index (χ3n) is 7.34. The zero-order chi connectivity index (χ0) is 27.4. The van der Waals surface area contributed by atoms with Gasteiger partial charge in [-0.15, -0.1) is 0 Å². The van der Waals surface area contributed by atoms with Crippen molar-refractivity contribution in [2.75, 3.05) is 13.2 Å². The first kappa shape index (κ1) is 29.4. The van der Waals surface area contributed by atoms with Crippen LogP contribution in [0.25, 0.3) is 16.7 Å². The van der Waals surface area contributed by atoms with Gasteiger partial charge in [-0.1, -0.05) is 126 Å². The van der Waals surface area contributed by atoms with Crippen LogP contribution in [0.4, 0.5) is 0 Å². The molecule has 0 radical (unpaired) electrons. The highest BCUT2D eigenvalue weighted by atomic mass is 16.6. The first-order valence-electron chi connectivity index (χ1n) is 14.3. The normalized spacial score (nSPS) is 15.8. The molecule has 0 heterocycles. The van der Waals surface area contributed by atoms with E-state index in [0.29, 0.717) is 13.2 Å². The number of hydrogen-bond acceptors (Lipinski definition) is 4. The van der Waals surface area contributed by atoms with E-state index in [4.69, 9.17) is 9.47 Å². The molecule has 0 unspecified atom stereocenters. The Labute approximate surface area is 229 Å². The van der Waals surface area contributed by atoms with Crippen molar-refractivity contribution in [3.63, 3.8) is 0 Å². The predicted octanol–water partition coefficient (Wildman–Crippen LogP) is 8.42. The summed E-state index contributed by atoms with van der Waals surface area (Å²) in [4.78, 5) is 26.8. The minimum atomic E-state index is -1.44. The molecule has 38 heavy (non-hydrogen) atoms. The number of rotatable bonds is 14.